The number of aromatic hydroxyl groups is 1. The van der Waals surface area contributed by atoms with Crippen LogP contribution in [0, 0.1) is 34.6 Å². The van der Waals surface area contributed by atoms with E-state index in [0.29, 0.717) is 11.8 Å². The third-order valence-electron chi connectivity index (χ3n) is 19.2. The average molecular weight is 1080 g/mol. The van der Waals surface area contributed by atoms with E-state index in [4.69, 9.17) is 4.42 Å². The average Bonchev–Trinajstić information content (AvgIpc) is 4.48. The van der Waals surface area contributed by atoms with Gasteiger partial charge in [-0.1, -0.05) is 177 Å². The quantitative estimate of drug-likeness (QED) is 0.131. The van der Waals surface area contributed by atoms with Gasteiger partial charge in [0, 0.05) is 44.0 Å². The van der Waals surface area contributed by atoms with Crippen LogP contribution >= 0.6 is 0 Å². The number of nitrogens with zero attached hydrogens (tertiary/aromatic N) is 2. The van der Waals surface area contributed by atoms with Gasteiger partial charge in [0.1, 0.15) is 11.3 Å². The van der Waals surface area contributed by atoms with Crippen molar-refractivity contribution >= 4 is 88.4 Å². The minimum absolute atomic E-state index is 0.256. The fourth-order valence-electron chi connectivity index (χ4n) is 14.6. The monoisotopic (exact) mass is 1080 g/mol. The van der Waals surface area contributed by atoms with Crippen LogP contribution in [0.4, 0.5) is 34.1 Å². The Morgan fingerprint density at radius 2 is 0.807 bits per heavy atom. The number of rotatable bonds is 11. The zero-order valence-electron chi connectivity index (χ0n) is 48.2. The molecular weight excluding hydrogens is 1010 g/mol. The standard InChI is InChI=1S/C79H68N2O2/c1-48-35-37-58(43-51(48)4)80(71-33-17-29-61(77(71)82)57-27-15-26-56(45-57)60-28-14-9-19-50(60)3)73-46-69(54-22-10-11-23-54)63-40-42-68-74(47-70(55-24-12-13-25-55)64-39-41-67(73)75(63)76(64)68)81(59-38-36-49(2)52(5)44-59)72-34-18-32-66-65-31-16-30-62(78(65)83-79(66)72)53-20-7-6-8-21-53/h6-9,14-21,26-47,54-55,82H,10-13,22-25H2,1-5H3. The van der Waals surface area contributed by atoms with E-state index in [-0.39, 0.29) is 5.75 Å². The molecule has 1 heterocycles. The van der Waals surface area contributed by atoms with E-state index in [2.05, 4.69) is 251 Å². The molecule has 13 aromatic rings. The van der Waals surface area contributed by atoms with Gasteiger partial charge in [-0.3, -0.25) is 0 Å². The minimum Gasteiger partial charge on any atom is -0.505 e. The largest absolute Gasteiger partial charge is 0.505 e. The van der Waals surface area contributed by atoms with Gasteiger partial charge in [0.15, 0.2) is 5.58 Å². The van der Waals surface area contributed by atoms with Gasteiger partial charge in [-0.15, -0.1) is 0 Å². The van der Waals surface area contributed by atoms with Crippen molar-refractivity contribution in [2.24, 2.45) is 0 Å². The molecule has 0 spiro atoms. The molecule has 4 heteroatoms. The highest BCUT2D eigenvalue weighted by Crippen LogP contribution is 2.56. The molecule has 4 nitrogen and oxygen atoms in total. The van der Waals surface area contributed by atoms with E-state index in [1.54, 1.807) is 0 Å². The van der Waals surface area contributed by atoms with E-state index in [0.717, 1.165) is 110 Å². The van der Waals surface area contributed by atoms with Crippen LogP contribution in [0.25, 0.3) is 87.6 Å². The van der Waals surface area contributed by atoms with Gasteiger partial charge in [-0.05, 0) is 209 Å². The van der Waals surface area contributed by atoms with Crippen molar-refractivity contribution in [3.05, 3.63) is 245 Å². The topological polar surface area (TPSA) is 39.9 Å². The van der Waals surface area contributed by atoms with Crippen molar-refractivity contribution in [1.82, 2.24) is 0 Å². The molecule has 2 aliphatic carbocycles. The number of anilines is 6. The van der Waals surface area contributed by atoms with E-state index in [1.807, 2.05) is 0 Å². The summed E-state index contributed by atoms with van der Waals surface area (Å²) in [5.41, 5.74) is 23.2. The number of hydrogen-bond acceptors (Lipinski definition) is 4. The van der Waals surface area contributed by atoms with Crippen LogP contribution in [0.15, 0.2) is 211 Å². The van der Waals surface area contributed by atoms with Crippen molar-refractivity contribution in [3.8, 4) is 39.1 Å². The van der Waals surface area contributed by atoms with Crippen molar-refractivity contribution < 1.29 is 9.52 Å². The molecule has 0 bridgehead atoms. The van der Waals surface area contributed by atoms with Crippen LogP contribution in [0.1, 0.15) is 102 Å². The third-order valence-corrected chi connectivity index (χ3v) is 19.2. The molecule has 406 valence electrons. The molecule has 2 aliphatic rings. The van der Waals surface area contributed by atoms with E-state index in [1.165, 1.54) is 103 Å². The minimum atomic E-state index is 0.256. The molecule has 2 saturated carbocycles. The number of phenolic OH excluding ortho intramolecular Hbond substituents is 1. The van der Waals surface area contributed by atoms with Crippen LogP contribution in [0.2, 0.25) is 0 Å². The van der Waals surface area contributed by atoms with Crippen molar-refractivity contribution in [2.75, 3.05) is 9.80 Å². The van der Waals surface area contributed by atoms with Gasteiger partial charge < -0.3 is 19.3 Å². The molecule has 0 atom stereocenters. The Kier molecular flexibility index (Phi) is 12.5. The molecule has 2 fully saturated rings. The van der Waals surface area contributed by atoms with Crippen LogP contribution in [0.3, 0.4) is 0 Å². The van der Waals surface area contributed by atoms with Crippen molar-refractivity contribution in [1.29, 1.82) is 0 Å². The van der Waals surface area contributed by atoms with Gasteiger partial charge in [0.05, 0.1) is 22.7 Å². The highest BCUT2D eigenvalue weighted by molar-refractivity contribution is 6.30. The van der Waals surface area contributed by atoms with Crippen LogP contribution in [-0.4, -0.2) is 5.11 Å². The first-order valence-electron chi connectivity index (χ1n) is 30.2. The smallest absolute Gasteiger partial charge is 0.159 e. The molecular formula is C79H68N2O2. The summed E-state index contributed by atoms with van der Waals surface area (Å²) in [6.07, 6.45) is 9.52. The summed E-state index contributed by atoms with van der Waals surface area (Å²) in [4.78, 5) is 4.91. The first kappa shape index (κ1) is 50.8. The van der Waals surface area contributed by atoms with Crippen LogP contribution in [-0.2, 0) is 0 Å². The normalized spacial score (nSPS) is 14.1. The number of fused-ring (bicyclic) bond motifs is 3. The second kappa shape index (κ2) is 20.4. The van der Waals surface area contributed by atoms with Gasteiger partial charge in [-0.25, -0.2) is 0 Å². The predicted molar refractivity (Wildman–Crippen MR) is 351 cm³/mol. The molecule has 0 unspecified atom stereocenters. The summed E-state index contributed by atoms with van der Waals surface area (Å²) < 4.78 is 7.33. The zero-order chi connectivity index (χ0) is 56.0. The van der Waals surface area contributed by atoms with Crippen molar-refractivity contribution in [3.63, 3.8) is 0 Å². The second-order valence-corrected chi connectivity index (χ2v) is 24.1. The molecule has 15 rings (SSSR count). The summed E-state index contributed by atoms with van der Waals surface area (Å²) in [6, 6.07) is 76.1. The number of para-hydroxylation sites is 3. The highest BCUT2D eigenvalue weighted by atomic mass is 16.3. The lowest BCUT2D eigenvalue weighted by Crippen LogP contribution is -2.14. The van der Waals surface area contributed by atoms with Crippen LogP contribution in [0.5, 0.6) is 5.75 Å². The van der Waals surface area contributed by atoms with Crippen LogP contribution < -0.4 is 9.80 Å². The maximum atomic E-state index is 13.1. The lowest BCUT2D eigenvalue weighted by atomic mass is 9.82. The molecule has 1 aromatic heterocycles. The lowest BCUT2D eigenvalue weighted by molar-refractivity contribution is 0.478. The molecule has 12 aromatic carbocycles. The molecule has 1 N–H and O–H groups in total. The summed E-state index contributed by atoms with van der Waals surface area (Å²) in [5, 5.41) is 23.0. The Morgan fingerprint density at radius 3 is 1.41 bits per heavy atom. The zero-order valence-corrected chi connectivity index (χ0v) is 48.2. The number of furan rings is 1. The second-order valence-electron chi connectivity index (χ2n) is 24.1. The number of hydrogen-bond donors (Lipinski definition) is 1. The van der Waals surface area contributed by atoms with E-state index >= 15 is 0 Å². The predicted octanol–water partition coefficient (Wildman–Crippen LogP) is 23.0. The molecule has 0 saturated heterocycles. The maximum Gasteiger partial charge on any atom is 0.159 e. The summed E-state index contributed by atoms with van der Waals surface area (Å²) >= 11 is 0. The Bertz CT molecular complexity index is 4670. The molecule has 0 radical (unpaired) electrons. The fraction of sp³-hybridized carbons (Fsp3) is 0.190. The third kappa shape index (κ3) is 8.47. The Labute approximate surface area is 487 Å². The van der Waals surface area contributed by atoms with Gasteiger partial charge >= 0.3 is 0 Å². The van der Waals surface area contributed by atoms with Gasteiger partial charge in [-0.2, -0.15) is 0 Å². The van der Waals surface area contributed by atoms with E-state index in [9.17, 15) is 5.11 Å². The fourth-order valence-corrected chi connectivity index (χ4v) is 14.6. The van der Waals surface area contributed by atoms with E-state index < -0.39 is 0 Å². The first-order valence-corrected chi connectivity index (χ1v) is 30.2. The summed E-state index contributed by atoms with van der Waals surface area (Å²) in [7, 11) is 0. The number of benzene rings is 12. The molecule has 83 heavy (non-hydrogen) atoms. The maximum absolute atomic E-state index is 13.1. The number of aryl methyl sites for hydroxylation is 5. The van der Waals surface area contributed by atoms with Gasteiger partial charge in [0.2, 0.25) is 0 Å². The molecule has 0 amide bonds. The summed E-state index contributed by atoms with van der Waals surface area (Å²) in [6.45, 7) is 11.0. The SMILES string of the molecule is Cc1ccc(N(c2cccc(-c3cccc(-c4ccccc4C)c3)c2O)c2cc(C3CCCC3)c3ccc4c(N(c5ccc(C)c(C)c5)c5cccc6c5oc5c(-c7ccccc7)cccc56)cc(C5CCCC5)c5ccc2c3c54)cc1C. The molecule has 0 aliphatic heterocycles. The Morgan fingerprint density at radius 1 is 0.337 bits per heavy atom. The van der Waals surface area contributed by atoms with Crippen molar-refractivity contribution in [2.45, 2.75) is 97.8 Å². The Hall–Kier alpha value is -9.12. The number of phenols is 1. The lowest BCUT2D eigenvalue weighted by Gasteiger charge is -2.32. The first-order chi connectivity index (χ1) is 40.7. The summed E-state index contributed by atoms with van der Waals surface area (Å²) in [5.74, 6) is 1.07. The Balaban J connectivity index is 1.02. The van der Waals surface area contributed by atoms with Gasteiger partial charge in [0.25, 0.3) is 0 Å². The highest BCUT2D eigenvalue weighted by Gasteiger charge is 2.32.